The molecule has 142 valence electrons. The van der Waals surface area contributed by atoms with E-state index in [0.717, 1.165) is 30.5 Å². The SMILES string of the molecule is O=C(O)CC1CN(C(=O)c2nn(-c3cccc(F)c3)c3c2CCC3)CCO1. The minimum atomic E-state index is -0.953. The molecule has 1 amide bonds. The quantitative estimate of drug-likeness (QED) is 0.884. The maximum absolute atomic E-state index is 13.6. The fraction of sp³-hybridized carbons (Fsp3) is 0.421. The van der Waals surface area contributed by atoms with Crippen LogP contribution in [0.25, 0.3) is 5.69 Å². The Morgan fingerprint density at radius 3 is 2.96 bits per heavy atom. The molecule has 1 fully saturated rings. The number of halogens is 1. The Labute approximate surface area is 155 Å². The Kier molecular flexibility index (Phi) is 4.65. The molecule has 7 nitrogen and oxygen atoms in total. The molecule has 1 N–H and O–H groups in total. The normalized spacial score (nSPS) is 19.1. The van der Waals surface area contributed by atoms with E-state index < -0.39 is 12.1 Å². The molecule has 1 atom stereocenters. The van der Waals surface area contributed by atoms with Gasteiger partial charge in [-0.05, 0) is 37.5 Å². The van der Waals surface area contributed by atoms with Gasteiger partial charge in [0.05, 0.1) is 24.8 Å². The van der Waals surface area contributed by atoms with Crippen molar-refractivity contribution in [2.24, 2.45) is 0 Å². The predicted octanol–water partition coefficient (Wildman–Crippen LogP) is 1.82. The standard InChI is InChI=1S/C19H20FN3O4/c20-12-3-1-4-13(9-12)23-16-6-2-5-15(16)18(21-23)19(26)22-7-8-27-14(11-22)10-17(24)25/h1,3-4,9,14H,2,5-8,10-11H2,(H,24,25). The number of carboxylic acids is 1. The Bertz CT molecular complexity index is 895. The van der Waals surface area contributed by atoms with Crippen molar-refractivity contribution in [3.63, 3.8) is 0 Å². The number of fused-ring (bicyclic) bond motifs is 1. The predicted molar refractivity (Wildman–Crippen MR) is 93.4 cm³/mol. The number of nitrogens with zero attached hydrogens (tertiary/aromatic N) is 3. The van der Waals surface area contributed by atoms with E-state index in [1.165, 1.54) is 12.1 Å². The maximum Gasteiger partial charge on any atom is 0.306 e. The van der Waals surface area contributed by atoms with Crippen LogP contribution in [0.5, 0.6) is 0 Å². The molecule has 27 heavy (non-hydrogen) atoms. The summed E-state index contributed by atoms with van der Waals surface area (Å²) in [4.78, 5) is 25.6. The van der Waals surface area contributed by atoms with Crippen LogP contribution in [0.4, 0.5) is 4.39 Å². The third-order valence-electron chi connectivity index (χ3n) is 5.01. The van der Waals surface area contributed by atoms with E-state index >= 15 is 0 Å². The van der Waals surface area contributed by atoms with Crippen LogP contribution in [0.3, 0.4) is 0 Å². The van der Waals surface area contributed by atoms with Crippen LogP contribution < -0.4 is 0 Å². The number of aliphatic carboxylic acids is 1. The average molecular weight is 373 g/mol. The Morgan fingerprint density at radius 1 is 1.33 bits per heavy atom. The van der Waals surface area contributed by atoms with Crippen LogP contribution in [-0.2, 0) is 22.4 Å². The van der Waals surface area contributed by atoms with Gasteiger partial charge in [-0.25, -0.2) is 9.07 Å². The van der Waals surface area contributed by atoms with E-state index in [1.54, 1.807) is 21.7 Å². The number of hydrogen-bond acceptors (Lipinski definition) is 4. The number of benzene rings is 1. The second-order valence-electron chi connectivity index (χ2n) is 6.86. The number of carboxylic acid groups (broad SMARTS) is 1. The Balaban J connectivity index is 1.63. The largest absolute Gasteiger partial charge is 0.481 e. The molecule has 1 aliphatic carbocycles. The van der Waals surface area contributed by atoms with Crippen molar-refractivity contribution in [3.8, 4) is 5.69 Å². The summed E-state index contributed by atoms with van der Waals surface area (Å²) in [5.41, 5.74) is 2.82. The van der Waals surface area contributed by atoms with Crippen LogP contribution in [0.15, 0.2) is 24.3 Å². The first kappa shape index (κ1) is 17.7. The molecule has 0 spiro atoms. The molecule has 0 saturated carbocycles. The highest BCUT2D eigenvalue weighted by Gasteiger charge is 2.32. The lowest BCUT2D eigenvalue weighted by molar-refractivity contribution is -0.141. The van der Waals surface area contributed by atoms with Crippen molar-refractivity contribution < 1.29 is 23.8 Å². The summed E-state index contributed by atoms with van der Waals surface area (Å²) in [7, 11) is 0. The molecule has 2 heterocycles. The monoisotopic (exact) mass is 373 g/mol. The second kappa shape index (κ2) is 7.11. The molecule has 1 aromatic carbocycles. The van der Waals surface area contributed by atoms with E-state index in [9.17, 15) is 14.0 Å². The topological polar surface area (TPSA) is 84.7 Å². The van der Waals surface area contributed by atoms with Gasteiger partial charge in [0.25, 0.3) is 5.91 Å². The highest BCUT2D eigenvalue weighted by molar-refractivity contribution is 5.94. The van der Waals surface area contributed by atoms with Crippen molar-refractivity contribution in [1.29, 1.82) is 0 Å². The van der Waals surface area contributed by atoms with E-state index in [1.807, 2.05) is 0 Å². The van der Waals surface area contributed by atoms with Crippen molar-refractivity contribution >= 4 is 11.9 Å². The van der Waals surface area contributed by atoms with Crippen molar-refractivity contribution in [2.45, 2.75) is 31.8 Å². The molecule has 4 rings (SSSR count). The van der Waals surface area contributed by atoms with Gasteiger partial charge in [-0.15, -0.1) is 0 Å². The fourth-order valence-corrected chi connectivity index (χ4v) is 3.80. The maximum atomic E-state index is 13.6. The molecule has 2 aromatic rings. The summed E-state index contributed by atoms with van der Waals surface area (Å²) in [5.74, 6) is -1.53. The third-order valence-corrected chi connectivity index (χ3v) is 5.01. The third kappa shape index (κ3) is 3.44. The zero-order chi connectivity index (χ0) is 19.0. The van der Waals surface area contributed by atoms with Gasteiger partial charge in [-0.1, -0.05) is 6.07 Å². The molecular weight excluding hydrogens is 353 g/mol. The lowest BCUT2D eigenvalue weighted by Crippen LogP contribution is -2.46. The van der Waals surface area contributed by atoms with Gasteiger partial charge >= 0.3 is 5.97 Å². The van der Waals surface area contributed by atoms with Gasteiger partial charge < -0.3 is 14.7 Å². The van der Waals surface area contributed by atoms with Crippen LogP contribution in [0.2, 0.25) is 0 Å². The number of aromatic nitrogens is 2. The first-order valence-corrected chi connectivity index (χ1v) is 9.02. The minimum absolute atomic E-state index is 0.139. The number of ether oxygens (including phenoxy) is 1. The second-order valence-corrected chi connectivity index (χ2v) is 6.86. The summed E-state index contributed by atoms with van der Waals surface area (Å²) in [6.07, 6.45) is 1.82. The minimum Gasteiger partial charge on any atom is -0.481 e. The summed E-state index contributed by atoms with van der Waals surface area (Å²) < 4.78 is 20.7. The van der Waals surface area contributed by atoms with Crippen molar-refractivity contribution in [3.05, 3.63) is 47.0 Å². The fourth-order valence-electron chi connectivity index (χ4n) is 3.80. The Morgan fingerprint density at radius 2 is 2.19 bits per heavy atom. The van der Waals surface area contributed by atoms with Crippen LogP contribution in [0, 0.1) is 5.82 Å². The zero-order valence-electron chi connectivity index (χ0n) is 14.7. The van der Waals surface area contributed by atoms with Crippen LogP contribution in [0.1, 0.15) is 34.6 Å². The lowest BCUT2D eigenvalue weighted by Gasteiger charge is -2.32. The van der Waals surface area contributed by atoms with Gasteiger partial charge in [0.15, 0.2) is 5.69 Å². The number of carbonyl (C=O) groups excluding carboxylic acids is 1. The van der Waals surface area contributed by atoms with E-state index in [4.69, 9.17) is 9.84 Å². The molecular formula is C19H20FN3O4. The number of morpholine rings is 1. The number of rotatable bonds is 4. The van der Waals surface area contributed by atoms with Gasteiger partial charge in [-0.2, -0.15) is 5.10 Å². The van der Waals surface area contributed by atoms with Crippen LogP contribution >= 0.6 is 0 Å². The van der Waals surface area contributed by atoms with E-state index in [2.05, 4.69) is 5.10 Å². The smallest absolute Gasteiger partial charge is 0.306 e. The molecule has 1 aliphatic heterocycles. The molecule has 2 aliphatic rings. The van der Waals surface area contributed by atoms with E-state index in [-0.39, 0.29) is 24.7 Å². The van der Waals surface area contributed by atoms with Gasteiger partial charge in [0.2, 0.25) is 0 Å². The summed E-state index contributed by atoms with van der Waals surface area (Å²) in [6.45, 7) is 0.930. The first-order chi connectivity index (χ1) is 13.0. The molecule has 8 heteroatoms. The van der Waals surface area contributed by atoms with Crippen LogP contribution in [-0.4, -0.2) is 57.5 Å². The summed E-state index contributed by atoms with van der Waals surface area (Å²) >= 11 is 0. The highest BCUT2D eigenvalue weighted by Crippen LogP contribution is 2.29. The molecule has 0 bridgehead atoms. The van der Waals surface area contributed by atoms with Gasteiger partial charge in [0.1, 0.15) is 5.82 Å². The number of amides is 1. The molecule has 1 aromatic heterocycles. The van der Waals surface area contributed by atoms with E-state index in [0.29, 0.717) is 24.5 Å². The summed E-state index contributed by atoms with van der Waals surface area (Å²) in [5, 5.41) is 13.5. The highest BCUT2D eigenvalue weighted by atomic mass is 19.1. The molecule has 0 radical (unpaired) electrons. The van der Waals surface area contributed by atoms with Crippen molar-refractivity contribution in [1.82, 2.24) is 14.7 Å². The average Bonchev–Trinajstić information content (AvgIpc) is 3.23. The summed E-state index contributed by atoms with van der Waals surface area (Å²) in [6, 6.07) is 6.15. The number of carbonyl (C=O) groups is 2. The lowest BCUT2D eigenvalue weighted by atomic mass is 10.1. The molecule has 1 unspecified atom stereocenters. The van der Waals surface area contributed by atoms with Crippen molar-refractivity contribution in [2.75, 3.05) is 19.7 Å². The molecule has 1 saturated heterocycles. The van der Waals surface area contributed by atoms with Gasteiger partial charge in [0, 0.05) is 24.3 Å². The Hall–Kier alpha value is -2.74. The zero-order valence-corrected chi connectivity index (χ0v) is 14.7. The number of hydrogen-bond donors (Lipinski definition) is 1. The van der Waals surface area contributed by atoms with Gasteiger partial charge in [-0.3, -0.25) is 9.59 Å². The first-order valence-electron chi connectivity index (χ1n) is 9.02.